The van der Waals surface area contributed by atoms with Gasteiger partial charge in [-0.05, 0) is 31.2 Å². The van der Waals surface area contributed by atoms with Gasteiger partial charge in [-0.1, -0.05) is 11.6 Å². The number of nitrogens with one attached hydrogen (secondary N) is 1. The van der Waals surface area contributed by atoms with Crippen LogP contribution in [0.1, 0.15) is 19.2 Å². The van der Waals surface area contributed by atoms with Crippen molar-refractivity contribution >= 4 is 23.2 Å². The molecule has 0 radical (unpaired) electrons. The van der Waals surface area contributed by atoms with Crippen LogP contribution in [0.5, 0.6) is 0 Å². The summed E-state index contributed by atoms with van der Waals surface area (Å²) < 4.78 is 0. The van der Waals surface area contributed by atoms with Crippen molar-refractivity contribution in [2.75, 3.05) is 0 Å². The molecule has 1 amide bonds. The Bertz CT molecular complexity index is 676. The molecule has 1 aliphatic heterocycles. The minimum atomic E-state index is -0.0213. The van der Waals surface area contributed by atoms with E-state index < -0.39 is 0 Å². The number of benzene rings is 1. The number of carbonyl (C=O) groups excluding carboxylic acids is 1. The van der Waals surface area contributed by atoms with Crippen LogP contribution in [0.15, 0.2) is 29.4 Å². The molecule has 0 spiro atoms. The van der Waals surface area contributed by atoms with Gasteiger partial charge in [0.1, 0.15) is 12.4 Å². The molecule has 0 saturated heterocycles. The lowest BCUT2D eigenvalue weighted by atomic mass is 10.2. The van der Waals surface area contributed by atoms with E-state index in [1.165, 1.54) is 5.01 Å². The Labute approximate surface area is 120 Å². The minimum absolute atomic E-state index is 0.0213. The number of hydrazone groups is 1. The maximum absolute atomic E-state index is 11.6. The lowest BCUT2D eigenvalue weighted by Crippen LogP contribution is -2.20. The van der Waals surface area contributed by atoms with Crippen molar-refractivity contribution in [3.05, 3.63) is 35.1 Å². The summed E-state index contributed by atoms with van der Waals surface area (Å²) in [5, 5.41) is 13.2. The molecule has 0 atom stereocenters. The van der Waals surface area contributed by atoms with Crippen molar-refractivity contribution in [2.45, 2.75) is 19.9 Å². The van der Waals surface area contributed by atoms with Gasteiger partial charge < -0.3 is 0 Å². The molecule has 1 N–H and O–H groups in total. The van der Waals surface area contributed by atoms with E-state index >= 15 is 0 Å². The topological polar surface area (TPSA) is 74.2 Å². The van der Waals surface area contributed by atoms with Crippen LogP contribution >= 0.6 is 11.6 Å². The summed E-state index contributed by atoms with van der Waals surface area (Å²) in [6, 6.07) is 7.26. The SMILES string of the molecule is CC1=NN(Cc2nc(-c3ccc(Cl)cc3)n[nH]2)C(=O)C1. The average Bonchev–Trinajstić information content (AvgIpc) is 2.98. The summed E-state index contributed by atoms with van der Waals surface area (Å²) in [4.78, 5) is 16.0. The van der Waals surface area contributed by atoms with Crippen LogP contribution in [-0.2, 0) is 11.3 Å². The van der Waals surface area contributed by atoms with Crippen molar-refractivity contribution in [1.82, 2.24) is 20.2 Å². The first-order valence-electron chi connectivity index (χ1n) is 6.13. The number of aromatic nitrogens is 3. The third kappa shape index (κ3) is 2.55. The van der Waals surface area contributed by atoms with E-state index in [1.807, 2.05) is 19.1 Å². The molecule has 20 heavy (non-hydrogen) atoms. The molecule has 2 aromatic rings. The number of halogens is 1. The van der Waals surface area contributed by atoms with Crippen LogP contribution in [0, 0.1) is 0 Å². The van der Waals surface area contributed by atoms with E-state index in [0.717, 1.165) is 11.3 Å². The van der Waals surface area contributed by atoms with E-state index in [-0.39, 0.29) is 5.91 Å². The van der Waals surface area contributed by atoms with Crippen LogP contribution < -0.4 is 0 Å². The van der Waals surface area contributed by atoms with Crippen LogP contribution in [0.2, 0.25) is 5.02 Å². The average molecular weight is 290 g/mol. The number of H-pyrrole nitrogens is 1. The molecule has 1 aromatic heterocycles. The molecule has 102 valence electrons. The normalized spacial score (nSPS) is 14.8. The Hall–Kier alpha value is -2.21. The Morgan fingerprint density at radius 3 is 2.75 bits per heavy atom. The summed E-state index contributed by atoms with van der Waals surface area (Å²) in [6.07, 6.45) is 0.373. The zero-order valence-corrected chi connectivity index (χ0v) is 11.6. The highest BCUT2D eigenvalue weighted by Gasteiger charge is 2.22. The van der Waals surface area contributed by atoms with Gasteiger partial charge in [0.25, 0.3) is 0 Å². The quantitative estimate of drug-likeness (QED) is 0.941. The van der Waals surface area contributed by atoms with Crippen LogP contribution in [0.4, 0.5) is 0 Å². The molecule has 3 rings (SSSR count). The van der Waals surface area contributed by atoms with Gasteiger partial charge in [0, 0.05) is 16.3 Å². The van der Waals surface area contributed by atoms with E-state index in [4.69, 9.17) is 11.6 Å². The standard InChI is InChI=1S/C13H12ClN5O/c1-8-6-12(20)19(18-8)7-11-15-13(17-16-11)9-2-4-10(14)5-3-9/h2-5H,6-7H2,1H3,(H,15,16,17). The zero-order valence-electron chi connectivity index (χ0n) is 10.8. The van der Waals surface area contributed by atoms with Gasteiger partial charge in [-0.3, -0.25) is 9.89 Å². The van der Waals surface area contributed by atoms with Gasteiger partial charge in [-0.25, -0.2) is 9.99 Å². The maximum Gasteiger partial charge on any atom is 0.248 e. The lowest BCUT2D eigenvalue weighted by molar-refractivity contribution is -0.129. The molecule has 0 fully saturated rings. The van der Waals surface area contributed by atoms with Crippen molar-refractivity contribution < 1.29 is 4.79 Å². The molecule has 6 nitrogen and oxygen atoms in total. The molecule has 1 aliphatic rings. The van der Waals surface area contributed by atoms with Crippen molar-refractivity contribution in [2.24, 2.45) is 5.10 Å². The summed E-state index contributed by atoms with van der Waals surface area (Å²) >= 11 is 5.84. The van der Waals surface area contributed by atoms with Gasteiger partial charge in [0.05, 0.1) is 6.42 Å². The summed E-state index contributed by atoms with van der Waals surface area (Å²) in [5.74, 6) is 1.15. The Morgan fingerprint density at radius 1 is 1.35 bits per heavy atom. The maximum atomic E-state index is 11.6. The predicted molar refractivity (Wildman–Crippen MR) is 75.1 cm³/mol. The molecule has 0 saturated carbocycles. The van der Waals surface area contributed by atoms with Gasteiger partial charge in [-0.2, -0.15) is 10.2 Å². The zero-order chi connectivity index (χ0) is 14.1. The Morgan fingerprint density at radius 2 is 2.10 bits per heavy atom. The summed E-state index contributed by atoms with van der Waals surface area (Å²) in [7, 11) is 0. The largest absolute Gasteiger partial charge is 0.273 e. The third-order valence-corrected chi connectivity index (χ3v) is 3.17. The summed E-state index contributed by atoms with van der Waals surface area (Å²) in [6.45, 7) is 2.13. The molecule has 0 unspecified atom stereocenters. The minimum Gasteiger partial charge on any atom is -0.273 e. The van der Waals surface area contributed by atoms with Crippen LogP contribution in [0.3, 0.4) is 0 Å². The number of hydrogen-bond donors (Lipinski definition) is 1. The first-order chi connectivity index (χ1) is 9.61. The van der Waals surface area contributed by atoms with Crippen LogP contribution in [0.25, 0.3) is 11.4 Å². The van der Waals surface area contributed by atoms with Gasteiger partial charge in [-0.15, -0.1) is 0 Å². The second-order valence-electron chi connectivity index (χ2n) is 4.58. The highest BCUT2D eigenvalue weighted by atomic mass is 35.5. The predicted octanol–water partition coefficient (Wildman–Crippen LogP) is 2.23. The molecular weight excluding hydrogens is 278 g/mol. The molecule has 0 aliphatic carbocycles. The third-order valence-electron chi connectivity index (χ3n) is 2.92. The van der Waals surface area contributed by atoms with Gasteiger partial charge in [0.2, 0.25) is 5.91 Å². The van der Waals surface area contributed by atoms with Gasteiger partial charge in [0.15, 0.2) is 5.82 Å². The number of amides is 1. The number of aromatic amines is 1. The van der Waals surface area contributed by atoms with E-state index in [1.54, 1.807) is 12.1 Å². The number of nitrogens with zero attached hydrogens (tertiary/aromatic N) is 4. The van der Waals surface area contributed by atoms with Crippen molar-refractivity contribution in [3.8, 4) is 11.4 Å². The number of carbonyl (C=O) groups is 1. The fourth-order valence-electron chi connectivity index (χ4n) is 1.97. The monoisotopic (exact) mass is 289 g/mol. The highest BCUT2D eigenvalue weighted by Crippen LogP contribution is 2.18. The lowest BCUT2D eigenvalue weighted by Gasteiger charge is -2.08. The van der Waals surface area contributed by atoms with Crippen molar-refractivity contribution in [1.29, 1.82) is 0 Å². The smallest absolute Gasteiger partial charge is 0.248 e. The van der Waals surface area contributed by atoms with E-state index in [2.05, 4.69) is 20.3 Å². The first-order valence-corrected chi connectivity index (χ1v) is 6.51. The highest BCUT2D eigenvalue weighted by molar-refractivity contribution is 6.30. The molecule has 2 heterocycles. The fourth-order valence-corrected chi connectivity index (χ4v) is 2.09. The molecule has 7 heteroatoms. The number of rotatable bonds is 3. The fraction of sp³-hybridized carbons (Fsp3) is 0.231. The molecular formula is C13H12ClN5O. The van der Waals surface area contributed by atoms with E-state index in [0.29, 0.717) is 29.6 Å². The molecule has 1 aromatic carbocycles. The Balaban J connectivity index is 1.77. The van der Waals surface area contributed by atoms with Gasteiger partial charge >= 0.3 is 0 Å². The van der Waals surface area contributed by atoms with Crippen molar-refractivity contribution in [3.63, 3.8) is 0 Å². The second-order valence-corrected chi connectivity index (χ2v) is 5.01. The summed E-state index contributed by atoms with van der Waals surface area (Å²) in [5.41, 5.74) is 1.68. The Kier molecular flexibility index (Phi) is 3.23. The second kappa shape index (κ2) is 5.05. The number of hydrogen-bond acceptors (Lipinski definition) is 4. The van der Waals surface area contributed by atoms with E-state index in [9.17, 15) is 4.79 Å². The molecule has 0 bridgehead atoms. The first kappa shape index (κ1) is 12.8. The van der Waals surface area contributed by atoms with Crippen LogP contribution in [-0.4, -0.2) is 31.8 Å².